The molecular weight excluding hydrogens is 312 g/mol. The van der Waals surface area contributed by atoms with E-state index in [0.717, 1.165) is 43.1 Å². The summed E-state index contributed by atoms with van der Waals surface area (Å²) in [5.41, 5.74) is 4.93. The van der Waals surface area contributed by atoms with Crippen molar-refractivity contribution in [3.63, 3.8) is 0 Å². The van der Waals surface area contributed by atoms with E-state index in [-0.39, 0.29) is 0 Å². The van der Waals surface area contributed by atoms with E-state index < -0.39 is 0 Å². The summed E-state index contributed by atoms with van der Waals surface area (Å²) in [5, 5.41) is 1.23. The molecule has 3 heterocycles. The zero-order valence-electron chi connectivity index (χ0n) is 15.0. The van der Waals surface area contributed by atoms with Crippen molar-refractivity contribution in [3.05, 3.63) is 53.2 Å². The van der Waals surface area contributed by atoms with Crippen LogP contribution in [-0.2, 0) is 19.5 Å². The Morgan fingerprint density at radius 3 is 3.00 bits per heavy atom. The average molecular weight is 336 g/mol. The van der Waals surface area contributed by atoms with Gasteiger partial charge in [0.25, 0.3) is 0 Å². The Bertz CT molecular complexity index is 900. The molecule has 0 amide bonds. The predicted molar refractivity (Wildman–Crippen MR) is 98.8 cm³/mol. The van der Waals surface area contributed by atoms with E-state index in [2.05, 4.69) is 47.0 Å². The Balaban J connectivity index is 1.57. The van der Waals surface area contributed by atoms with Gasteiger partial charge in [0.2, 0.25) is 0 Å². The highest BCUT2D eigenvalue weighted by Crippen LogP contribution is 2.26. The van der Waals surface area contributed by atoms with Crippen molar-refractivity contribution < 1.29 is 4.74 Å². The number of aromatic nitrogens is 3. The molecule has 0 spiro atoms. The van der Waals surface area contributed by atoms with Gasteiger partial charge in [-0.25, -0.2) is 9.97 Å². The van der Waals surface area contributed by atoms with Crippen LogP contribution in [0.2, 0.25) is 0 Å². The van der Waals surface area contributed by atoms with Gasteiger partial charge in [-0.1, -0.05) is 13.8 Å². The van der Waals surface area contributed by atoms with Crippen molar-refractivity contribution in [2.45, 2.75) is 39.3 Å². The molecule has 0 aliphatic carbocycles. The third-order valence-electron chi connectivity index (χ3n) is 4.93. The van der Waals surface area contributed by atoms with Gasteiger partial charge < -0.3 is 9.72 Å². The fourth-order valence-electron chi connectivity index (χ4n) is 3.44. The number of fused-ring (bicyclic) bond motifs is 2. The molecule has 25 heavy (non-hydrogen) atoms. The zero-order valence-corrected chi connectivity index (χ0v) is 15.0. The van der Waals surface area contributed by atoms with Crippen LogP contribution in [0.1, 0.15) is 42.4 Å². The highest BCUT2D eigenvalue weighted by atomic mass is 16.5. The van der Waals surface area contributed by atoms with Gasteiger partial charge in [0.15, 0.2) is 0 Å². The van der Waals surface area contributed by atoms with Crippen molar-refractivity contribution >= 4 is 10.9 Å². The standard InChI is InChI=1S/C20H24N4O/c1-13(2)20-22-9-14-6-7-24(12-19(14)23-20)11-15-10-21-18-5-4-16(25-3)8-17(15)18/h4-5,8-10,13,21H,6-7,11-12H2,1-3H3. The summed E-state index contributed by atoms with van der Waals surface area (Å²) in [6.45, 7) is 7.11. The smallest absolute Gasteiger partial charge is 0.131 e. The van der Waals surface area contributed by atoms with Crippen molar-refractivity contribution in [2.24, 2.45) is 0 Å². The van der Waals surface area contributed by atoms with Crippen molar-refractivity contribution in [1.29, 1.82) is 0 Å². The first-order valence-corrected chi connectivity index (χ1v) is 8.85. The van der Waals surface area contributed by atoms with Crippen LogP contribution >= 0.6 is 0 Å². The molecule has 1 aliphatic heterocycles. The maximum atomic E-state index is 5.37. The van der Waals surface area contributed by atoms with Crippen LogP contribution in [0, 0.1) is 0 Å². The summed E-state index contributed by atoms with van der Waals surface area (Å²) in [6, 6.07) is 6.17. The van der Waals surface area contributed by atoms with Crippen molar-refractivity contribution in [1.82, 2.24) is 19.9 Å². The average Bonchev–Trinajstić information content (AvgIpc) is 3.03. The molecule has 0 bridgehead atoms. The van der Waals surface area contributed by atoms with Gasteiger partial charge in [-0.05, 0) is 35.7 Å². The molecule has 0 saturated carbocycles. The summed E-state index contributed by atoms with van der Waals surface area (Å²) < 4.78 is 5.37. The lowest BCUT2D eigenvalue weighted by molar-refractivity contribution is 0.241. The van der Waals surface area contributed by atoms with Crippen LogP contribution in [0.5, 0.6) is 5.75 Å². The van der Waals surface area contributed by atoms with E-state index in [0.29, 0.717) is 5.92 Å². The Morgan fingerprint density at radius 1 is 1.32 bits per heavy atom. The summed E-state index contributed by atoms with van der Waals surface area (Å²) in [4.78, 5) is 15.1. The molecular formula is C20H24N4O. The molecule has 1 aliphatic rings. The Morgan fingerprint density at radius 2 is 2.20 bits per heavy atom. The number of aromatic amines is 1. The van der Waals surface area contributed by atoms with E-state index in [1.807, 2.05) is 12.3 Å². The lowest BCUT2D eigenvalue weighted by Gasteiger charge is -2.28. The molecule has 130 valence electrons. The fourth-order valence-corrected chi connectivity index (χ4v) is 3.44. The summed E-state index contributed by atoms with van der Waals surface area (Å²) in [5.74, 6) is 2.20. The molecule has 0 unspecified atom stereocenters. The van der Waals surface area contributed by atoms with Crippen LogP contribution in [0.15, 0.2) is 30.6 Å². The fraction of sp³-hybridized carbons (Fsp3) is 0.400. The first kappa shape index (κ1) is 16.1. The minimum Gasteiger partial charge on any atom is -0.497 e. The lowest BCUT2D eigenvalue weighted by Crippen LogP contribution is -2.31. The molecule has 2 aromatic heterocycles. The van der Waals surface area contributed by atoms with Crippen molar-refractivity contribution in [3.8, 4) is 5.75 Å². The number of nitrogens with one attached hydrogen (secondary N) is 1. The quantitative estimate of drug-likeness (QED) is 0.790. The number of nitrogens with zero attached hydrogens (tertiary/aromatic N) is 3. The lowest BCUT2D eigenvalue weighted by atomic mass is 10.0. The maximum absolute atomic E-state index is 5.37. The Hall–Kier alpha value is -2.40. The summed E-state index contributed by atoms with van der Waals surface area (Å²) >= 11 is 0. The second-order valence-electron chi connectivity index (χ2n) is 7.04. The molecule has 5 nitrogen and oxygen atoms in total. The predicted octanol–water partition coefficient (Wildman–Crippen LogP) is 3.65. The van der Waals surface area contributed by atoms with E-state index in [4.69, 9.17) is 9.72 Å². The molecule has 1 N–H and O–H groups in total. The molecule has 5 heteroatoms. The third-order valence-corrected chi connectivity index (χ3v) is 4.93. The summed E-state index contributed by atoms with van der Waals surface area (Å²) in [7, 11) is 1.71. The van der Waals surface area contributed by atoms with Crippen LogP contribution in [0.3, 0.4) is 0 Å². The largest absolute Gasteiger partial charge is 0.497 e. The highest BCUT2D eigenvalue weighted by molar-refractivity contribution is 5.84. The monoisotopic (exact) mass is 336 g/mol. The molecule has 1 aromatic carbocycles. The second kappa shape index (κ2) is 6.48. The van der Waals surface area contributed by atoms with Crippen LogP contribution in [0.4, 0.5) is 0 Å². The van der Waals surface area contributed by atoms with Crippen LogP contribution in [-0.4, -0.2) is 33.5 Å². The number of hydrogen-bond acceptors (Lipinski definition) is 4. The SMILES string of the molecule is COc1ccc2[nH]cc(CN3CCc4cnc(C(C)C)nc4C3)c2c1. The number of H-pyrrole nitrogens is 1. The van der Waals surface area contributed by atoms with Crippen LogP contribution in [0.25, 0.3) is 10.9 Å². The number of rotatable bonds is 4. The van der Waals surface area contributed by atoms with E-state index in [1.165, 1.54) is 22.2 Å². The maximum Gasteiger partial charge on any atom is 0.131 e. The van der Waals surface area contributed by atoms with E-state index >= 15 is 0 Å². The Kier molecular flexibility index (Phi) is 4.17. The van der Waals surface area contributed by atoms with Gasteiger partial charge in [-0.3, -0.25) is 4.90 Å². The number of ether oxygens (including phenoxy) is 1. The number of hydrogen-bond donors (Lipinski definition) is 1. The Labute approximate surface area is 148 Å². The summed E-state index contributed by atoms with van der Waals surface area (Å²) in [6.07, 6.45) is 5.14. The molecule has 3 aromatic rings. The first-order valence-electron chi connectivity index (χ1n) is 8.85. The first-order chi connectivity index (χ1) is 12.1. The van der Waals surface area contributed by atoms with Gasteiger partial charge in [0.1, 0.15) is 11.6 Å². The molecule has 0 atom stereocenters. The van der Waals surface area contributed by atoms with E-state index in [1.54, 1.807) is 7.11 Å². The zero-order chi connectivity index (χ0) is 17.4. The van der Waals surface area contributed by atoms with Gasteiger partial charge in [0.05, 0.1) is 12.8 Å². The minimum absolute atomic E-state index is 0.363. The molecule has 0 fully saturated rings. The molecule has 0 radical (unpaired) electrons. The number of benzene rings is 1. The highest BCUT2D eigenvalue weighted by Gasteiger charge is 2.20. The van der Waals surface area contributed by atoms with Gasteiger partial charge in [-0.15, -0.1) is 0 Å². The van der Waals surface area contributed by atoms with Crippen molar-refractivity contribution in [2.75, 3.05) is 13.7 Å². The normalized spacial score (nSPS) is 14.9. The van der Waals surface area contributed by atoms with Gasteiger partial charge >= 0.3 is 0 Å². The van der Waals surface area contributed by atoms with Gasteiger partial charge in [-0.2, -0.15) is 0 Å². The minimum atomic E-state index is 0.363. The topological polar surface area (TPSA) is 54.0 Å². The molecule has 4 rings (SSSR count). The van der Waals surface area contributed by atoms with Crippen LogP contribution < -0.4 is 4.74 Å². The number of methoxy groups -OCH3 is 1. The second-order valence-corrected chi connectivity index (χ2v) is 7.04. The molecule has 0 saturated heterocycles. The van der Waals surface area contributed by atoms with E-state index in [9.17, 15) is 0 Å². The third kappa shape index (κ3) is 3.12. The van der Waals surface area contributed by atoms with Gasteiger partial charge in [0, 0.05) is 48.8 Å².